The first-order valence-corrected chi connectivity index (χ1v) is 4.82. The minimum atomic E-state index is 0.0157. The minimum Gasteiger partial charge on any atom is -0.392 e. The van der Waals surface area contributed by atoms with Crippen LogP contribution in [-0.4, -0.2) is 31.2 Å². The highest BCUT2D eigenvalue weighted by Gasteiger charge is 2.14. The molecule has 0 aromatic rings. The summed E-state index contributed by atoms with van der Waals surface area (Å²) < 4.78 is 10.6. The molecular weight excluding hydrogens is 168 g/mol. The summed E-state index contributed by atoms with van der Waals surface area (Å²) in [4.78, 5) is 0. The van der Waals surface area contributed by atoms with Gasteiger partial charge >= 0.3 is 0 Å². The highest BCUT2D eigenvalue weighted by atomic mass is 16.7. The van der Waals surface area contributed by atoms with E-state index in [2.05, 4.69) is 0 Å². The molecule has 1 heterocycles. The molecule has 1 N–H and O–H groups in total. The quantitative estimate of drug-likeness (QED) is 0.661. The van der Waals surface area contributed by atoms with E-state index < -0.39 is 0 Å². The van der Waals surface area contributed by atoms with Crippen LogP contribution in [0.1, 0.15) is 26.2 Å². The minimum absolute atomic E-state index is 0.0157. The molecular formula is C10H18O3. The predicted molar refractivity (Wildman–Crippen MR) is 50.4 cm³/mol. The molecule has 0 aliphatic carbocycles. The number of ether oxygens (including phenoxy) is 2. The van der Waals surface area contributed by atoms with Gasteiger partial charge in [-0.1, -0.05) is 11.6 Å². The Morgan fingerprint density at radius 1 is 1.46 bits per heavy atom. The molecule has 0 aromatic heterocycles. The van der Waals surface area contributed by atoms with Crippen LogP contribution in [0.2, 0.25) is 0 Å². The van der Waals surface area contributed by atoms with Crippen molar-refractivity contribution in [2.45, 2.75) is 32.5 Å². The predicted octanol–water partition coefficient (Wildman–Crippen LogP) is 1.47. The second-order valence-corrected chi connectivity index (χ2v) is 3.30. The van der Waals surface area contributed by atoms with Crippen LogP contribution in [0.15, 0.2) is 11.6 Å². The fourth-order valence-electron chi connectivity index (χ4n) is 1.38. The van der Waals surface area contributed by atoms with Crippen molar-refractivity contribution in [2.75, 3.05) is 19.8 Å². The van der Waals surface area contributed by atoms with Gasteiger partial charge in [0.05, 0.1) is 19.8 Å². The lowest BCUT2D eigenvalue weighted by atomic mass is 10.1. The van der Waals surface area contributed by atoms with Crippen molar-refractivity contribution in [1.82, 2.24) is 0 Å². The van der Waals surface area contributed by atoms with Gasteiger partial charge in [-0.3, -0.25) is 0 Å². The van der Waals surface area contributed by atoms with E-state index in [9.17, 15) is 0 Å². The van der Waals surface area contributed by atoms with Crippen LogP contribution < -0.4 is 0 Å². The van der Waals surface area contributed by atoms with Gasteiger partial charge in [0.25, 0.3) is 0 Å². The van der Waals surface area contributed by atoms with Crippen molar-refractivity contribution in [3.05, 3.63) is 11.6 Å². The molecule has 3 heteroatoms. The zero-order valence-electron chi connectivity index (χ0n) is 8.16. The average Bonchev–Trinajstić information content (AvgIpc) is 2.57. The maximum Gasteiger partial charge on any atom is 0.157 e. The van der Waals surface area contributed by atoms with Gasteiger partial charge in [-0.2, -0.15) is 0 Å². The first-order chi connectivity index (χ1) is 6.33. The van der Waals surface area contributed by atoms with E-state index in [4.69, 9.17) is 14.6 Å². The van der Waals surface area contributed by atoms with E-state index in [-0.39, 0.29) is 12.9 Å². The lowest BCUT2D eigenvalue weighted by molar-refractivity contribution is -0.0475. The van der Waals surface area contributed by atoms with Crippen LogP contribution in [-0.2, 0) is 9.47 Å². The molecule has 1 aliphatic heterocycles. The summed E-state index contributed by atoms with van der Waals surface area (Å²) in [6, 6.07) is 0. The highest BCUT2D eigenvalue weighted by Crippen LogP contribution is 2.14. The number of aliphatic hydroxyl groups is 1. The summed E-state index contributed by atoms with van der Waals surface area (Å²) in [7, 11) is 0. The third kappa shape index (κ3) is 4.41. The Hall–Kier alpha value is -0.380. The molecule has 0 amide bonds. The van der Waals surface area contributed by atoms with Crippen molar-refractivity contribution < 1.29 is 14.6 Å². The van der Waals surface area contributed by atoms with Gasteiger partial charge in [0.1, 0.15) is 0 Å². The molecule has 76 valence electrons. The van der Waals surface area contributed by atoms with Gasteiger partial charge in [0.15, 0.2) is 6.29 Å². The summed E-state index contributed by atoms with van der Waals surface area (Å²) >= 11 is 0. The second-order valence-electron chi connectivity index (χ2n) is 3.30. The van der Waals surface area contributed by atoms with E-state index in [0.29, 0.717) is 0 Å². The van der Waals surface area contributed by atoms with Crippen LogP contribution in [0.5, 0.6) is 0 Å². The zero-order chi connectivity index (χ0) is 9.52. The summed E-state index contributed by atoms with van der Waals surface area (Å²) in [5, 5.41) is 8.62. The molecule has 1 fully saturated rings. The maximum atomic E-state index is 8.62. The normalized spacial score (nSPS) is 19.7. The molecule has 0 spiro atoms. The lowest BCUT2D eigenvalue weighted by Gasteiger charge is -2.08. The van der Waals surface area contributed by atoms with Gasteiger partial charge in [-0.25, -0.2) is 0 Å². The van der Waals surface area contributed by atoms with Gasteiger partial charge in [-0.15, -0.1) is 0 Å². The highest BCUT2D eigenvalue weighted by molar-refractivity contribution is 4.97. The van der Waals surface area contributed by atoms with Crippen molar-refractivity contribution >= 4 is 0 Å². The van der Waals surface area contributed by atoms with Crippen molar-refractivity contribution in [1.29, 1.82) is 0 Å². The molecule has 0 unspecified atom stereocenters. The fraction of sp³-hybridized carbons (Fsp3) is 0.800. The second kappa shape index (κ2) is 6.13. The number of aliphatic hydroxyl groups excluding tert-OH is 1. The SMILES string of the molecule is C/C(=C\CO)CCCC1OCCO1. The first-order valence-electron chi connectivity index (χ1n) is 4.82. The Morgan fingerprint density at radius 3 is 2.77 bits per heavy atom. The number of hydrogen-bond donors (Lipinski definition) is 1. The molecule has 1 saturated heterocycles. The number of hydrogen-bond acceptors (Lipinski definition) is 3. The Morgan fingerprint density at radius 2 is 2.15 bits per heavy atom. The van der Waals surface area contributed by atoms with Gasteiger partial charge < -0.3 is 14.6 Å². The topological polar surface area (TPSA) is 38.7 Å². The monoisotopic (exact) mass is 186 g/mol. The Labute approximate surface area is 79.3 Å². The number of allylic oxidation sites excluding steroid dienone is 1. The van der Waals surface area contributed by atoms with E-state index in [0.717, 1.165) is 32.5 Å². The smallest absolute Gasteiger partial charge is 0.157 e. The number of rotatable bonds is 5. The van der Waals surface area contributed by atoms with E-state index in [1.807, 2.05) is 13.0 Å². The molecule has 1 aliphatic rings. The fourth-order valence-corrected chi connectivity index (χ4v) is 1.38. The van der Waals surface area contributed by atoms with Gasteiger partial charge in [0.2, 0.25) is 0 Å². The third-order valence-electron chi connectivity index (χ3n) is 2.14. The largest absolute Gasteiger partial charge is 0.392 e. The standard InChI is InChI=1S/C10H18O3/c1-9(5-6-11)3-2-4-10-12-7-8-13-10/h5,10-11H,2-4,6-8H2,1H3/b9-5+. The van der Waals surface area contributed by atoms with Crippen molar-refractivity contribution in [2.24, 2.45) is 0 Å². The molecule has 0 radical (unpaired) electrons. The zero-order valence-corrected chi connectivity index (χ0v) is 8.16. The van der Waals surface area contributed by atoms with Gasteiger partial charge in [0, 0.05) is 0 Å². The molecule has 13 heavy (non-hydrogen) atoms. The van der Waals surface area contributed by atoms with E-state index in [1.165, 1.54) is 5.57 Å². The molecule has 3 nitrogen and oxygen atoms in total. The summed E-state index contributed by atoms with van der Waals surface area (Å²) in [6.45, 7) is 3.64. The maximum absolute atomic E-state index is 8.62. The first kappa shape index (κ1) is 10.7. The lowest BCUT2D eigenvalue weighted by Crippen LogP contribution is -2.06. The Kier molecular flexibility index (Phi) is 5.05. The average molecular weight is 186 g/mol. The Bertz CT molecular complexity index is 160. The van der Waals surface area contributed by atoms with Crippen LogP contribution in [0.4, 0.5) is 0 Å². The summed E-state index contributed by atoms with van der Waals surface area (Å²) in [5.74, 6) is 0. The molecule has 0 aromatic carbocycles. The molecule has 1 rings (SSSR count). The van der Waals surface area contributed by atoms with Crippen LogP contribution in [0, 0.1) is 0 Å². The van der Waals surface area contributed by atoms with Crippen molar-refractivity contribution in [3.63, 3.8) is 0 Å². The van der Waals surface area contributed by atoms with Crippen LogP contribution in [0.25, 0.3) is 0 Å². The third-order valence-corrected chi connectivity index (χ3v) is 2.14. The van der Waals surface area contributed by atoms with Crippen LogP contribution in [0.3, 0.4) is 0 Å². The van der Waals surface area contributed by atoms with E-state index >= 15 is 0 Å². The summed E-state index contributed by atoms with van der Waals surface area (Å²) in [6.07, 6.45) is 4.89. The van der Waals surface area contributed by atoms with Crippen LogP contribution >= 0.6 is 0 Å². The molecule has 0 atom stereocenters. The molecule has 0 saturated carbocycles. The Balaban J connectivity index is 2.02. The van der Waals surface area contributed by atoms with Gasteiger partial charge in [-0.05, 0) is 26.2 Å². The van der Waals surface area contributed by atoms with E-state index in [1.54, 1.807) is 0 Å². The van der Waals surface area contributed by atoms with Crippen molar-refractivity contribution in [3.8, 4) is 0 Å². The molecule has 0 bridgehead atoms. The summed E-state index contributed by atoms with van der Waals surface area (Å²) in [5.41, 5.74) is 1.24.